The van der Waals surface area contributed by atoms with Crippen molar-refractivity contribution in [3.05, 3.63) is 44.8 Å². The van der Waals surface area contributed by atoms with Crippen LogP contribution in [-0.2, 0) is 11.3 Å². The number of ether oxygens (including phenoxy) is 3. The molecular weight excluding hydrogens is 436 g/mol. The first-order chi connectivity index (χ1) is 13.1. The molecular formula is C18H17BrN2O5S. The van der Waals surface area contributed by atoms with Crippen LogP contribution in [-0.4, -0.2) is 29.8 Å². The van der Waals surface area contributed by atoms with Gasteiger partial charge in [-0.1, -0.05) is 12.1 Å². The molecule has 0 N–H and O–H groups in total. The van der Waals surface area contributed by atoms with Gasteiger partial charge >= 0.3 is 5.97 Å². The number of thiophene rings is 1. The summed E-state index contributed by atoms with van der Waals surface area (Å²) in [6, 6.07) is 5.08. The highest BCUT2D eigenvalue weighted by Crippen LogP contribution is 2.37. The summed E-state index contributed by atoms with van der Waals surface area (Å²) >= 11 is 4.94. The Morgan fingerprint density at radius 3 is 2.93 bits per heavy atom. The molecule has 0 fully saturated rings. The van der Waals surface area contributed by atoms with Crippen LogP contribution in [0, 0.1) is 0 Å². The maximum absolute atomic E-state index is 12.4. The number of rotatable bonds is 8. The van der Waals surface area contributed by atoms with Gasteiger partial charge in [0.15, 0.2) is 18.1 Å². The van der Waals surface area contributed by atoms with Crippen molar-refractivity contribution in [2.75, 3.05) is 13.7 Å². The van der Waals surface area contributed by atoms with Crippen LogP contribution in [0.4, 0.5) is 0 Å². The Hall–Kier alpha value is -2.39. The maximum Gasteiger partial charge on any atom is 0.338 e. The molecule has 1 aromatic carbocycles. The molecule has 0 bridgehead atoms. The summed E-state index contributed by atoms with van der Waals surface area (Å²) in [4.78, 5) is 16.6. The molecule has 0 aliphatic carbocycles. The largest absolute Gasteiger partial charge is 0.493 e. The number of benzene rings is 1. The Kier molecular flexibility index (Phi) is 6.46. The van der Waals surface area contributed by atoms with Gasteiger partial charge in [0.05, 0.1) is 29.3 Å². The monoisotopic (exact) mass is 452 g/mol. The van der Waals surface area contributed by atoms with Crippen molar-refractivity contribution in [3.63, 3.8) is 0 Å². The number of esters is 1. The molecule has 27 heavy (non-hydrogen) atoms. The normalized spacial score (nSPS) is 10.6. The minimum atomic E-state index is -0.530. The molecule has 0 unspecified atom stereocenters. The predicted molar refractivity (Wildman–Crippen MR) is 103 cm³/mol. The van der Waals surface area contributed by atoms with E-state index in [1.54, 1.807) is 12.1 Å². The van der Waals surface area contributed by atoms with Gasteiger partial charge in [0.1, 0.15) is 0 Å². The maximum atomic E-state index is 12.4. The average Bonchev–Trinajstić information content (AvgIpc) is 3.35. The van der Waals surface area contributed by atoms with Crippen LogP contribution in [0.2, 0.25) is 0 Å². The van der Waals surface area contributed by atoms with Gasteiger partial charge in [0.2, 0.25) is 5.82 Å². The Morgan fingerprint density at radius 1 is 1.37 bits per heavy atom. The molecule has 0 aliphatic heterocycles. The zero-order chi connectivity index (χ0) is 19.2. The van der Waals surface area contributed by atoms with E-state index in [-0.39, 0.29) is 6.61 Å². The third-order valence-electron chi connectivity index (χ3n) is 3.48. The van der Waals surface area contributed by atoms with E-state index >= 15 is 0 Å². The van der Waals surface area contributed by atoms with E-state index in [0.717, 1.165) is 12.0 Å². The summed E-state index contributed by atoms with van der Waals surface area (Å²) in [5.74, 6) is 1.15. The second-order valence-electron chi connectivity index (χ2n) is 5.44. The van der Waals surface area contributed by atoms with Crippen LogP contribution in [0.15, 0.2) is 38.0 Å². The van der Waals surface area contributed by atoms with Crippen molar-refractivity contribution in [1.29, 1.82) is 0 Å². The first-order valence-corrected chi connectivity index (χ1v) is 9.88. The lowest BCUT2D eigenvalue weighted by molar-refractivity contribution is 0.0459. The topological polar surface area (TPSA) is 83.7 Å². The quantitative estimate of drug-likeness (QED) is 0.457. The van der Waals surface area contributed by atoms with Crippen LogP contribution >= 0.6 is 27.3 Å². The minimum Gasteiger partial charge on any atom is -0.493 e. The van der Waals surface area contributed by atoms with E-state index in [2.05, 4.69) is 26.1 Å². The van der Waals surface area contributed by atoms with Gasteiger partial charge in [-0.3, -0.25) is 0 Å². The summed E-state index contributed by atoms with van der Waals surface area (Å²) in [6.07, 6.45) is 0.859. The van der Waals surface area contributed by atoms with Crippen molar-refractivity contribution in [3.8, 4) is 23.0 Å². The molecule has 0 spiro atoms. The average molecular weight is 453 g/mol. The van der Waals surface area contributed by atoms with Gasteiger partial charge in [0, 0.05) is 5.38 Å². The van der Waals surface area contributed by atoms with E-state index in [4.69, 9.17) is 18.7 Å². The lowest BCUT2D eigenvalue weighted by Gasteiger charge is -2.13. The number of hydrogen-bond acceptors (Lipinski definition) is 8. The molecule has 0 amide bonds. The Labute approximate surface area is 168 Å². The molecule has 9 heteroatoms. The highest BCUT2D eigenvalue weighted by molar-refractivity contribution is 9.10. The molecule has 0 saturated carbocycles. The van der Waals surface area contributed by atoms with Gasteiger partial charge in [-0.2, -0.15) is 16.3 Å². The number of halogens is 1. The van der Waals surface area contributed by atoms with Gasteiger partial charge < -0.3 is 18.7 Å². The van der Waals surface area contributed by atoms with Crippen molar-refractivity contribution < 1.29 is 23.5 Å². The van der Waals surface area contributed by atoms with Gasteiger partial charge in [-0.05, 0) is 45.9 Å². The van der Waals surface area contributed by atoms with Crippen molar-refractivity contribution in [2.24, 2.45) is 0 Å². The molecule has 142 valence electrons. The summed E-state index contributed by atoms with van der Waals surface area (Å²) in [6.45, 7) is 2.46. The van der Waals surface area contributed by atoms with E-state index in [1.165, 1.54) is 18.4 Å². The molecule has 3 aromatic rings. The van der Waals surface area contributed by atoms with E-state index in [0.29, 0.717) is 39.9 Å². The molecule has 2 aromatic heterocycles. The van der Waals surface area contributed by atoms with E-state index < -0.39 is 5.97 Å². The number of methoxy groups -OCH3 is 1. The first kappa shape index (κ1) is 19.4. The third-order valence-corrected chi connectivity index (χ3v) is 4.76. The molecule has 0 saturated heterocycles. The molecule has 0 aliphatic rings. The second-order valence-corrected chi connectivity index (χ2v) is 7.08. The number of hydrogen-bond donors (Lipinski definition) is 0. The Balaban J connectivity index is 1.68. The van der Waals surface area contributed by atoms with Crippen LogP contribution in [0.3, 0.4) is 0 Å². The van der Waals surface area contributed by atoms with Crippen molar-refractivity contribution in [2.45, 2.75) is 20.0 Å². The number of carbonyl (C=O) groups excluding carboxylic acids is 1. The smallest absolute Gasteiger partial charge is 0.338 e. The molecule has 0 radical (unpaired) electrons. The van der Waals surface area contributed by atoms with Gasteiger partial charge in [-0.25, -0.2) is 4.79 Å². The van der Waals surface area contributed by atoms with Gasteiger partial charge in [-0.15, -0.1) is 0 Å². The van der Waals surface area contributed by atoms with Crippen LogP contribution in [0.1, 0.15) is 29.5 Å². The zero-order valence-electron chi connectivity index (χ0n) is 14.7. The fraction of sp³-hybridized carbons (Fsp3) is 0.278. The molecule has 3 rings (SSSR count). The third kappa shape index (κ3) is 4.67. The van der Waals surface area contributed by atoms with Crippen LogP contribution < -0.4 is 9.47 Å². The zero-order valence-corrected chi connectivity index (χ0v) is 17.1. The SMILES string of the molecule is CCCOc1c(Br)cc(C(=O)OCc2noc(-c3ccsc3)n2)cc1OC. The fourth-order valence-corrected chi connectivity index (χ4v) is 3.40. The minimum absolute atomic E-state index is 0.0967. The fourth-order valence-electron chi connectivity index (χ4n) is 2.21. The highest BCUT2D eigenvalue weighted by Gasteiger charge is 2.18. The van der Waals surface area contributed by atoms with Crippen molar-refractivity contribution >= 4 is 33.2 Å². The van der Waals surface area contributed by atoms with E-state index in [1.807, 2.05) is 23.8 Å². The Morgan fingerprint density at radius 2 is 2.22 bits per heavy atom. The second kappa shape index (κ2) is 9.01. The van der Waals surface area contributed by atoms with Crippen LogP contribution in [0.25, 0.3) is 11.5 Å². The summed E-state index contributed by atoms with van der Waals surface area (Å²) in [5, 5.41) is 7.64. The van der Waals surface area contributed by atoms with E-state index in [9.17, 15) is 4.79 Å². The van der Waals surface area contributed by atoms with Crippen LogP contribution in [0.5, 0.6) is 11.5 Å². The molecule has 0 atom stereocenters. The lowest BCUT2D eigenvalue weighted by atomic mass is 10.2. The van der Waals surface area contributed by atoms with Gasteiger partial charge in [0.25, 0.3) is 5.89 Å². The molecule has 2 heterocycles. The summed E-state index contributed by atoms with van der Waals surface area (Å²) < 4.78 is 22.0. The molecule has 7 nitrogen and oxygen atoms in total. The lowest BCUT2D eigenvalue weighted by Crippen LogP contribution is -2.07. The number of aromatic nitrogens is 2. The van der Waals surface area contributed by atoms with Crippen molar-refractivity contribution in [1.82, 2.24) is 10.1 Å². The number of nitrogens with zero attached hydrogens (tertiary/aromatic N) is 2. The standard InChI is InChI=1S/C18H17BrN2O5S/c1-3-5-24-16-13(19)7-12(8-14(16)23-2)18(22)25-9-15-20-17(26-21-15)11-4-6-27-10-11/h4,6-8,10H,3,5,9H2,1-2H3. The Bertz CT molecular complexity index is 911. The first-order valence-electron chi connectivity index (χ1n) is 8.15. The summed E-state index contributed by atoms with van der Waals surface area (Å²) in [5.41, 5.74) is 1.16. The predicted octanol–water partition coefficient (Wildman–Crippen LogP) is 4.72. The highest BCUT2D eigenvalue weighted by atomic mass is 79.9. The summed E-state index contributed by atoms with van der Waals surface area (Å²) in [7, 11) is 1.51. The number of carbonyl (C=O) groups is 1.